The second-order valence-electron chi connectivity index (χ2n) is 5.57. The van der Waals surface area contributed by atoms with Crippen molar-refractivity contribution >= 4 is 16.7 Å². The van der Waals surface area contributed by atoms with Gasteiger partial charge in [0.2, 0.25) is 0 Å². The topological polar surface area (TPSA) is 41.1 Å². The average molecular weight is 288 g/mol. The Morgan fingerprint density at radius 1 is 1.14 bits per heavy atom. The third-order valence-corrected chi connectivity index (χ3v) is 3.99. The molecule has 0 bridgehead atoms. The van der Waals surface area contributed by atoms with Crippen molar-refractivity contribution in [3.63, 3.8) is 0 Å². The SMILES string of the molecule is Fc1ccc2ncnc(NCCCCN3CCCC3)c2c1. The summed E-state index contributed by atoms with van der Waals surface area (Å²) in [6.07, 6.45) is 6.49. The summed E-state index contributed by atoms with van der Waals surface area (Å²) in [6.45, 7) is 4.55. The van der Waals surface area contributed by atoms with Crippen molar-refractivity contribution in [2.75, 3.05) is 31.5 Å². The molecule has 1 aliphatic rings. The normalized spacial score (nSPS) is 15.7. The van der Waals surface area contributed by atoms with Crippen LogP contribution < -0.4 is 5.32 Å². The second kappa shape index (κ2) is 6.80. The number of hydrogen-bond acceptors (Lipinski definition) is 4. The first-order valence-electron chi connectivity index (χ1n) is 7.69. The minimum Gasteiger partial charge on any atom is -0.369 e. The van der Waals surface area contributed by atoms with Gasteiger partial charge in [-0.3, -0.25) is 0 Å². The number of likely N-dealkylation sites (tertiary alicyclic amines) is 1. The molecule has 2 heterocycles. The Kier molecular flexibility index (Phi) is 4.60. The molecule has 0 aliphatic carbocycles. The Labute approximate surface area is 124 Å². The molecule has 0 radical (unpaired) electrons. The maximum absolute atomic E-state index is 13.3. The van der Waals surface area contributed by atoms with Crippen LogP contribution in [0.15, 0.2) is 24.5 Å². The van der Waals surface area contributed by atoms with Gasteiger partial charge in [-0.05, 0) is 63.5 Å². The van der Waals surface area contributed by atoms with E-state index in [0.717, 1.165) is 29.7 Å². The highest BCUT2D eigenvalue weighted by molar-refractivity contribution is 5.88. The van der Waals surface area contributed by atoms with E-state index in [9.17, 15) is 4.39 Å². The number of anilines is 1. The fourth-order valence-electron chi connectivity index (χ4n) is 2.84. The van der Waals surface area contributed by atoms with Crippen molar-refractivity contribution in [3.05, 3.63) is 30.3 Å². The number of fused-ring (bicyclic) bond motifs is 1. The molecule has 4 nitrogen and oxygen atoms in total. The van der Waals surface area contributed by atoms with Crippen molar-refractivity contribution in [2.45, 2.75) is 25.7 Å². The predicted molar refractivity (Wildman–Crippen MR) is 82.9 cm³/mol. The zero-order valence-electron chi connectivity index (χ0n) is 12.2. The highest BCUT2D eigenvalue weighted by Gasteiger charge is 2.10. The zero-order valence-corrected chi connectivity index (χ0v) is 12.2. The maximum Gasteiger partial charge on any atom is 0.137 e. The Morgan fingerprint density at radius 3 is 2.86 bits per heavy atom. The van der Waals surface area contributed by atoms with Gasteiger partial charge in [0, 0.05) is 11.9 Å². The van der Waals surface area contributed by atoms with Crippen LogP contribution in [-0.2, 0) is 0 Å². The number of nitrogens with one attached hydrogen (secondary N) is 1. The van der Waals surface area contributed by atoms with Gasteiger partial charge in [-0.2, -0.15) is 0 Å². The van der Waals surface area contributed by atoms with Crippen LogP contribution in [0.1, 0.15) is 25.7 Å². The lowest BCUT2D eigenvalue weighted by atomic mass is 10.2. The fraction of sp³-hybridized carbons (Fsp3) is 0.500. The summed E-state index contributed by atoms with van der Waals surface area (Å²) in [5.74, 6) is 0.468. The number of rotatable bonds is 6. The lowest BCUT2D eigenvalue weighted by Crippen LogP contribution is -2.20. The largest absolute Gasteiger partial charge is 0.369 e. The summed E-state index contributed by atoms with van der Waals surface area (Å²) in [5, 5.41) is 4.05. The van der Waals surface area contributed by atoms with E-state index in [1.54, 1.807) is 6.07 Å². The van der Waals surface area contributed by atoms with Gasteiger partial charge in [-0.25, -0.2) is 14.4 Å². The number of aromatic nitrogens is 2. The lowest BCUT2D eigenvalue weighted by molar-refractivity contribution is 0.331. The third-order valence-electron chi connectivity index (χ3n) is 3.99. The molecule has 2 aromatic rings. The zero-order chi connectivity index (χ0) is 14.5. The Bertz CT molecular complexity index is 596. The fourth-order valence-corrected chi connectivity index (χ4v) is 2.84. The molecule has 5 heteroatoms. The standard InChI is InChI=1S/C16H21FN4/c17-13-5-6-15-14(11-13)16(20-12-19-15)18-7-1-2-8-21-9-3-4-10-21/h5-6,11-12H,1-4,7-10H2,(H,18,19,20). The maximum atomic E-state index is 13.3. The average Bonchev–Trinajstić information content (AvgIpc) is 3.00. The number of halogens is 1. The van der Waals surface area contributed by atoms with E-state index in [-0.39, 0.29) is 5.82 Å². The van der Waals surface area contributed by atoms with Gasteiger partial charge in [-0.1, -0.05) is 0 Å². The third kappa shape index (κ3) is 3.67. The summed E-state index contributed by atoms with van der Waals surface area (Å²) >= 11 is 0. The Hall–Kier alpha value is -1.75. The lowest BCUT2D eigenvalue weighted by Gasteiger charge is -2.14. The molecule has 1 N–H and O–H groups in total. The van der Waals surface area contributed by atoms with Crippen LogP contribution in [0.25, 0.3) is 10.9 Å². The van der Waals surface area contributed by atoms with E-state index in [1.807, 2.05) is 0 Å². The summed E-state index contributed by atoms with van der Waals surface area (Å²) in [7, 11) is 0. The summed E-state index contributed by atoms with van der Waals surface area (Å²) < 4.78 is 13.3. The molecule has 1 fully saturated rings. The van der Waals surface area contributed by atoms with E-state index >= 15 is 0 Å². The number of benzene rings is 1. The minimum atomic E-state index is -0.255. The van der Waals surface area contributed by atoms with Crippen molar-refractivity contribution < 1.29 is 4.39 Å². The van der Waals surface area contributed by atoms with Crippen molar-refractivity contribution in [3.8, 4) is 0 Å². The first-order valence-corrected chi connectivity index (χ1v) is 7.69. The van der Waals surface area contributed by atoms with Crippen LogP contribution in [0.2, 0.25) is 0 Å². The van der Waals surface area contributed by atoms with Crippen LogP contribution in [0, 0.1) is 5.82 Å². The molecule has 112 valence electrons. The Balaban J connectivity index is 1.51. The molecule has 0 amide bonds. The monoisotopic (exact) mass is 288 g/mol. The van der Waals surface area contributed by atoms with E-state index in [4.69, 9.17) is 0 Å². The first kappa shape index (κ1) is 14.2. The molecule has 0 unspecified atom stereocenters. The van der Waals surface area contributed by atoms with E-state index in [2.05, 4.69) is 20.2 Å². The number of nitrogens with zero attached hydrogens (tertiary/aromatic N) is 3. The first-order chi connectivity index (χ1) is 10.3. The molecule has 0 spiro atoms. The van der Waals surface area contributed by atoms with Crippen LogP contribution >= 0.6 is 0 Å². The quantitative estimate of drug-likeness (QED) is 0.829. The van der Waals surface area contributed by atoms with Gasteiger partial charge in [0.15, 0.2) is 0 Å². The molecule has 3 rings (SSSR count). The molecule has 0 saturated carbocycles. The van der Waals surface area contributed by atoms with Gasteiger partial charge in [0.25, 0.3) is 0 Å². The highest BCUT2D eigenvalue weighted by atomic mass is 19.1. The van der Waals surface area contributed by atoms with Crippen molar-refractivity contribution in [2.24, 2.45) is 0 Å². The van der Waals surface area contributed by atoms with Crippen LogP contribution in [0.4, 0.5) is 10.2 Å². The Morgan fingerprint density at radius 2 is 2.00 bits per heavy atom. The van der Waals surface area contributed by atoms with E-state index < -0.39 is 0 Å². The summed E-state index contributed by atoms with van der Waals surface area (Å²) in [6, 6.07) is 4.60. The minimum absolute atomic E-state index is 0.255. The van der Waals surface area contributed by atoms with Crippen LogP contribution in [0.3, 0.4) is 0 Å². The molecule has 1 aliphatic heterocycles. The van der Waals surface area contributed by atoms with Crippen molar-refractivity contribution in [1.29, 1.82) is 0 Å². The predicted octanol–water partition coefficient (Wildman–Crippen LogP) is 3.06. The molecular formula is C16H21FN4. The molecule has 0 atom stereocenters. The molecule has 1 aromatic heterocycles. The van der Waals surface area contributed by atoms with Gasteiger partial charge in [-0.15, -0.1) is 0 Å². The van der Waals surface area contributed by atoms with Crippen molar-refractivity contribution in [1.82, 2.24) is 14.9 Å². The van der Waals surface area contributed by atoms with Crippen LogP contribution in [-0.4, -0.2) is 41.0 Å². The molecule has 1 saturated heterocycles. The number of unbranched alkanes of at least 4 members (excludes halogenated alkanes) is 1. The van der Waals surface area contributed by atoms with E-state index in [0.29, 0.717) is 0 Å². The van der Waals surface area contributed by atoms with Crippen LogP contribution in [0.5, 0.6) is 0 Å². The number of hydrogen-bond donors (Lipinski definition) is 1. The highest BCUT2D eigenvalue weighted by Crippen LogP contribution is 2.20. The molecule has 1 aromatic carbocycles. The molecule has 21 heavy (non-hydrogen) atoms. The summed E-state index contributed by atoms with van der Waals surface area (Å²) in [5.41, 5.74) is 0.769. The van der Waals surface area contributed by atoms with Gasteiger partial charge in [0.1, 0.15) is 18.0 Å². The van der Waals surface area contributed by atoms with E-state index in [1.165, 1.54) is 57.4 Å². The van der Waals surface area contributed by atoms with Gasteiger partial charge in [0.05, 0.1) is 5.52 Å². The van der Waals surface area contributed by atoms with Gasteiger partial charge < -0.3 is 10.2 Å². The summed E-state index contributed by atoms with van der Waals surface area (Å²) in [4.78, 5) is 10.9. The molecular weight excluding hydrogens is 267 g/mol. The smallest absolute Gasteiger partial charge is 0.137 e. The second-order valence-corrected chi connectivity index (χ2v) is 5.57. The van der Waals surface area contributed by atoms with Gasteiger partial charge >= 0.3 is 0 Å².